The molecule has 1 aliphatic heterocycles. The van der Waals surface area contributed by atoms with Crippen molar-refractivity contribution < 1.29 is 14.6 Å². The lowest BCUT2D eigenvalue weighted by Gasteiger charge is -2.40. The Morgan fingerprint density at radius 1 is 0.967 bits per heavy atom. The Hall–Kier alpha value is -3.11. The fourth-order valence-electron chi connectivity index (χ4n) is 4.34. The highest BCUT2D eigenvalue weighted by Crippen LogP contribution is 2.37. The molecule has 2 unspecified atom stereocenters. The number of carboxylic acid groups (broad SMARTS) is 1. The van der Waals surface area contributed by atoms with E-state index in [0.717, 1.165) is 47.6 Å². The van der Waals surface area contributed by atoms with Crippen LogP contribution in [-0.4, -0.2) is 28.6 Å². The van der Waals surface area contributed by atoms with Crippen LogP contribution in [0.2, 0.25) is 0 Å². The molecular formula is C26H27NO3. The van der Waals surface area contributed by atoms with Gasteiger partial charge in [0.1, 0.15) is 17.5 Å². The average molecular weight is 402 g/mol. The Morgan fingerprint density at radius 2 is 1.70 bits per heavy atom. The lowest BCUT2D eigenvalue weighted by atomic mass is 9.89. The second-order valence-electron chi connectivity index (χ2n) is 7.83. The van der Waals surface area contributed by atoms with E-state index in [0.29, 0.717) is 6.42 Å². The van der Waals surface area contributed by atoms with Crippen molar-refractivity contribution in [3.8, 4) is 11.5 Å². The fraction of sp³-hybridized carbons (Fsp3) is 0.269. The van der Waals surface area contributed by atoms with Gasteiger partial charge in [0.25, 0.3) is 0 Å². The summed E-state index contributed by atoms with van der Waals surface area (Å²) in [6.07, 6.45) is 2.63. The number of para-hydroxylation sites is 1. The number of hydrogen-bond donors (Lipinski definition) is 1. The molecule has 0 bridgehead atoms. The average Bonchev–Trinajstić information content (AvgIpc) is 2.77. The van der Waals surface area contributed by atoms with Crippen molar-refractivity contribution in [3.63, 3.8) is 0 Å². The third-order valence-electron chi connectivity index (χ3n) is 5.80. The molecular weight excluding hydrogens is 374 g/mol. The number of rotatable bonds is 6. The van der Waals surface area contributed by atoms with Gasteiger partial charge in [-0.05, 0) is 67.3 Å². The highest BCUT2D eigenvalue weighted by molar-refractivity contribution is 5.73. The first-order valence-electron chi connectivity index (χ1n) is 10.5. The van der Waals surface area contributed by atoms with Gasteiger partial charge in [0.2, 0.25) is 0 Å². The molecule has 0 saturated carbocycles. The number of benzene rings is 3. The molecule has 0 amide bonds. The molecule has 3 aromatic carbocycles. The minimum absolute atomic E-state index is 0.132. The van der Waals surface area contributed by atoms with Crippen molar-refractivity contribution >= 4 is 5.97 Å². The van der Waals surface area contributed by atoms with Crippen molar-refractivity contribution in [1.82, 2.24) is 4.90 Å². The van der Waals surface area contributed by atoms with E-state index in [1.54, 1.807) is 0 Å². The number of hydrogen-bond acceptors (Lipinski definition) is 3. The Morgan fingerprint density at radius 3 is 2.47 bits per heavy atom. The predicted octanol–water partition coefficient (Wildman–Crippen LogP) is 5.82. The van der Waals surface area contributed by atoms with Crippen LogP contribution < -0.4 is 4.74 Å². The van der Waals surface area contributed by atoms with Crippen molar-refractivity contribution in [2.75, 3.05) is 6.54 Å². The van der Waals surface area contributed by atoms with Crippen LogP contribution in [0, 0.1) is 6.92 Å². The summed E-state index contributed by atoms with van der Waals surface area (Å²) < 4.78 is 6.06. The van der Waals surface area contributed by atoms with Crippen molar-refractivity contribution in [2.45, 2.75) is 38.3 Å². The zero-order valence-electron chi connectivity index (χ0n) is 17.2. The maximum absolute atomic E-state index is 12.1. The normalized spacial score (nSPS) is 18.0. The van der Waals surface area contributed by atoms with Gasteiger partial charge in [0.15, 0.2) is 0 Å². The van der Waals surface area contributed by atoms with E-state index in [4.69, 9.17) is 4.74 Å². The van der Waals surface area contributed by atoms with Crippen LogP contribution in [0.1, 0.15) is 42.0 Å². The van der Waals surface area contributed by atoms with Crippen LogP contribution in [0.15, 0.2) is 78.9 Å². The smallest absolute Gasteiger partial charge is 0.320 e. The second kappa shape index (κ2) is 9.14. The summed E-state index contributed by atoms with van der Waals surface area (Å²) >= 11 is 0. The van der Waals surface area contributed by atoms with Gasteiger partial charge in [0, 0.05) is 0 Å². The zero-order chi connectivity index (χ0) is 20.9. The van der Waals surface area contributed by atoms with Crippen LogP contribution in [0.5, 0.6) is 11.5 Å². The van der Waals surface area contributed by atoms with Gasteiger partial charge in [-0.2, -0.15) is 0 Å². The molecule has 4 heteroatoms. The van der Waals surface area contributed by atoms with Crippen molar-refractivity contribution in [1.29, 1.82) is 0 Å². The summed E-state index contributed by atoms with van der Waals surface area (Å²) in [5.74, 6) is 0.787. The number of piperidine rings is 1. The monoisotopic (exact) mass is 401 g/mol. The third-order valence-corrected chi connectivity index (χ3v) is 5.80. The molecule has 1 aliphatic rings. The van der Waals surface area contributed by atoms with E-state index < -0.39 is 12.0 Å². The topological polar surface area (TPSA) is 49.8 Å². The van der Waals surface area contributed by atoms with E-state index in [9.17, 15) is 9.90 Å². The largest absolute Gasteiger partial charge is 0.480 e. The first-order chi connectivity index (χ1) is 14.6. The Labute approximate surface area is 177 Å². The minimum atomic E-state index is -0.745. The van der Waals surface area contributed by atoms with E-state index in [1.165, 1.54) is 0 Å². The van der Waals surface area contributed by atoms with Gasteiger partial charge in [-0.1, -0.05) is 61.0 Å². The second-order valence-corrected chi connectivity index (χ2v) is 7.83. The number of carboxylic acids is 1. The fourth-order valence-corrected chi connectivity index (χ4v) is 4.34. The molecule has 0 aliphatic carbocycles. The standard InChI is InChI=1S/C26H27NO3/c1-19-10-5-6-15-23(19)25(27-17-8-7-16-24(27)26(28)29)20-11-9-14-22(18-20)30-21-12-3-2-4-13-21/h2-6,9-15,18,24-25H,7-8,16-17H2,1H3,(H,28,29). The first kappa shape index (κ1) is 20.2. The maximum atomic E-state index is 12.1. The van der Waals surface area contributed by atoms with Crippen LogP contribution in [0.4, 0.5) is 0 Å². The number of likely N-dealkylation sites (tertiary alicyclic amines) is 1. The number of carbonyl (C=O) groups is 1. The summed E-state index contributed by atoms with van der Waals surface area (Å²) in [6.45, 7) is 2.85. The summed E-state index contributed by atoms with van der Waals surface area (Å²) in [5, 5.41) is 9.90. The third kappa shape index (κ3) is 4.39. The molecule has 30 heavy (non-hydrogen) atoms. The lowest BCUT2D eigenvalue weighted by molar-refractivity contribution is -0.145. The van der Waals surface area contributed by atoms with E-state index in [-0.39, 0.29) is 6.04 Å². The van der Waals surface area contributed by atoms with Crippen LogP contribution in [0.25, 0.3) is 0 Å². The molecule has 2 atom stereocenters. The van der Waals surface area contributed by atoms with Crippen LogP contribution in [-0.2, 0) is 4.79 Å². The van der Waals surface area contributed by atoms with Gasteiger partial charge in [0.05, 0.1) is 6.04 Å². The molecule has 1 N–H and O–H groups in total. The summed E-state index contributed by atoms with van der Waals surface area (Å²) in [5.41, 5.74) is 3.35. The Bertz CT molecular complexity index is 1000. The Kier molecular flexibility index (Phi) is 6.15. The molecule has 4 nitrogen and oxygen atoms in total. The summed E-state index contributed by atoms with van der Waals surface area (Å²) in [7, 11) is 0. The maximum Gasteiger partial charge on any atom is 0.320 e. The molecule has 1 saturated heterocycles. The molecule has 0 spiro atoms. The molecule has 1 fully saturated rings. The number of nitrogens with zero attached hydrogens (tertiary/aromatic N) is 1. The summed E-state index contributed by atoms with van der Waals surface area (Å²) in [4.78, 5) is 14.2. The van der Waals surface area contributed by atoms with Gasteiger partial charge >= 0.3 is 5.97 Å². The highest BCUT2D eigenvalue weighted by Gasteiger charge is 2.35. The lowest BCUT2D eigenvalue weighted by Crippen LogP contribution is -2.47. The van der Waals surface area contributed by atoms with Crippen molar-refractivity contribution in [2.24, 2.45) is 0 Å². The molecule has 3 aromatic rings. The van der Waals surface area contributed by atoms with E-state index in [2.05, 4.69) is 30.0 Å². The number of aryl methyl sites for hydroxylation is 1. The van der Waals surface area contributed by atoms with Crippen LogP contribution in [0.3, 0.4) is 0 Å². The molecule has 0 aromatic heterocycles. The minimum Gasteiger partial charge on any atom is -0.480 e. The van der Waals surface area contributed by atoms with Crippen molar-refractivity contribution in [3.05, 3.63) is 95.6 Å². The summed E-state index contributed by atoms with van der Waals surface area (Å²) in [6, 6.07) is 25.4. The molecule has 4 rings (SSSR count). The van der Waals surface area contributed by atoms with Gasteiger partial charge in [-0.15, -0.1) is 0 Å². The van der Waals surface area contributed by atoms with Gasteiger partial charge in [-0.3, -0.25) is 9.69 Å². The van der Waals surface area contributed by atoms with Gasteiger partial charge < -0.3 is 9.84 Å². The molecule has 0 radical (unpaired) electrons. The predicted molar refractivity (Wildman–Crippen MR) is 118 cm³/mol. The molecule has 154 valence electrons. The van der Waals surface area contributed by atoms with E-state index >= 15 is 0 Å². The number of aliphatic carboxylic acids is 1. The first-order valence-corrected chi connectivity index (χ1v) is 10.5. The van der Waals surface area contributed by atoms with E-state index in [1.807, 2.05) is 60.7 Å². The number of ether oxygens (including phenoxy) is 1. The Balaban J connectivity index is 1.75. The molecule has 1 heterocycles. The zero-order valence-corrected chi connectivity index (χ0v) is 17.2. The van der Waals surface area contributed by atoms with Gasteiger partial charge in [-0.25, -0.2) is 0 Å². The van der Waals surface area contributed by atoms with Crippen LogP contribution >= 0.6 is 0 Å². The quantitative estimate of drug-likeness (QED) is 0.566. The highest BCUT2D eigenvalue weighted by atomic mass is 16.5. The SMILES string of the molecule is Cc1ccccc1C(c1cccc(Oc2ccccc2)c1)N1CCCCC1C(=O)O.